The molecule has 0 spiro atoms. The standard InChI is InChI=1S/C21H25N3O3/c1-16-7-8-18(17(2)15-16)9-10-21(25)23-13-11-22(12-14-23)19-5-3-4-6-20(19)24(26)27/h3-8,15H,9-14H2,1-2H3. The van der Waals surface area contributed by atoms with Gasteiger partial charge < -0.3 is 9.80 Å². The van der Waals surface area contributed by atoms with Crippen molar-refractivity contribution in [3.05, 3.63) is 69.3 Å². The molecule has 1 aliphatic heterocycles. The molecule has 0 bridgehead atoms. The van der Waals surface area contributed by atoms with Crippen LogP contribution in [0.4, 0.5) is 11.4 Å². The van der Waals surface area contributed by atoms with Gasteiger partial charge in [-0.25, -0.2) is 0 Å². The average molecular weight is 367 g/mol. The number of carbonyl (C=O) groups excluding carboxylic acids is 1. The number of hydrogen-bond donors (Lipinski definition) is 0. The molecule has 0 aromatic heterocycles. The summed E-state index contributed by atoms with van der Waals surface area (Å²) in [6.07, 6.45) is 1.24. The first kappa shape index (κ1) is 18.9. The lowest BCUT2D eigenvalue weighted by Gasteiger charge is -2.35. The fraction of sp³-hybridized carbons (Fsp3) is 0.381. The van der Waals surface area contributed by atoms with E-state index in [4.69, 9.17) is 0 Å². The van der Waals surface area contributed by atoms with Gasteiger partial charge in [-0.2, -0.15) is 0 Å². The van der Waals surface area contributed by atoms with Crippen LogP contribution in [-0.2, 0) is 11.2 Å². The zero-order chi connectivity index (χ0) is 19.4. The van der Waals surface area contributed by atoms with Gasteiger partial charge in [0.1, 0.15) is 5.69 Å². The van der Waals surface area contributed by atoms with Gasteiger partial charge in [0.25, 0.3) is 5.69 Å². The highest BCUT2D eigenvalue weighted by Crippen LogP contribution is 2.28. The molecule has 142 valence electrons. The number of benzene rings is 2. The number of rotatable bonds is 5. The van der Waals surface area contributed by atoms with Crippen molar-refractivity contribution in [2.45, 2.75) is 26.7 Å². The summed E-state index contributed by atoms with van der Waals surface area (Å²) < 4.78 is 0. The van der Waals surface area contributed by atoms with E-state index >= 15 is 0 Å². The third-order valence-corrected chi connectivity index (χ3v) is 5.16. The summed E-state index contributed by atoms with van der Waals surface area (Å²) in [6.45, 7) is 6.56. The monoisotopic (exact) mass is 367 g/mol. The number of nitro benzene ring substituents is 1. The fourth-order valence-corrected chi connectivity index (χ4v) is 3.61. The number of anilines is 1. The summed E-state index contributed by atoms with van der Waals surface area (Å²) in [5, 5.41) is 11.2. The van der Waals surface area contributed by atoms with Crippen LogP contribution < -0.4 is 4.90 Å². The number of carbonyl (C=O) groups is 1. The van der Waals surface area contributed by atoms with Crippen molar-refractivity contribution in [2.75, 3.05) is 31.1 Å². The number of aryl methyl sites for hydroxylation is 3. The average Bonchev–Trinajstić information content (AvgIpc) is 2.67. The molecule has 1 amide bonds. The summed E-state index contributed by atoms with van der Waals surface area (Å²) in [5.74, 6) is 0.150. The van der Waals surface area contributed by atoms with Crippen LogP contribution >= 0.6 is 0 Å². The summed E-state index contributed by atoms with van der Waals surface area (Å²) in [6, 6.07) is 13.1. The molecule has 1 heterocycles. The fourth-order valence-electron chi connectivity index (χ4n) is 3.61. The van der Waals surface area contributed by atoms with Crippen molar-refractivity contribution >= 4 is 17.3 Å². The van der Waals surface area contributed by atoms with Crippen LogP contribution in [0, 0.1) is 24.0 Å². The predicted molar refractivity (Wildman–Crippen MR) is 106 cm³/mol. The van der Waals surface area contributed by atoms with Gasteiger partial charge in [-0.05, 0) is 37.5 Å². The van der Waals surface area contributed by atoms with Gasteiger partial charge in [0.15, 0.2) is 0 Å². The van der Waals surface area contributed by atoms with Crippen LogP contribution in [0.25, 0.3) is 0 Å². The van der Waals surface area contributed by atoms with Crippen LogP contribution in [0.15, 0.2) is 42.5 Å². The minimum Gasteiger partial charge on any atom is -0.362 e. The second-order valence-corrected chi connectivity index (χ2v) is 7.04. The number of hydrogen-bond acceptors (Lipinski definition) is 4. The van der Waals surface area contributed by atoms with E-state index < -0.39 is 0 Å². The maximum Gasteiger partial charge on any atom is 0.292 e. The van der Waals surface area contributed by atoms with E-state index in [1.807, 2.05) is 15.9 Å². The molecule has 1 aliphatic rings. The third-order valence-electron chi connectivity index (χ3n) is 5.16. The van der Waals surface area contributed by atoms with Gasteiger partial charge >= 0.3 is 0 Å². The molecule has 3 rings (SSSR count). The van der Waals surface area contributed by atoms with Crippen molar-refractivity contribution in [3.63, 3.8) is 0 Å². The summed E-state index contributed by atoms with van der Waals surface area (Å²) in [7, 11) is 0. The zero-order valence-corrected chi connectivity index (χ0v) is 15.9. The van der Waals surface area contributed by atoms with E-state index in [9.17, 15) is 14.9 Å². The molecule has 1 fully saturated rings. The van der Waals surface area contributed by atoms with Gasteiger partial charge in [0, 0.05) is 38.7 Å². The smallest absolute Gasteiger partial charge is 0.292 e. The highest BCUT2D eigenvalue weighted by Gasteiger charge is 2.25. The lowest BCUT2D eigenvalue weighted by molar-refractivity contribution is -0.384. The van der Waals surface area contributed by atoms with Crippen LogP contribution in [0.1, 0.15) is 23.1 Å². The molecule has 1 saturated heterocycles. The Labute approximate surface area is 159 Å². The molecule has 6 heteroatoms. The number of nitro groups is 1. The van der Waals surface area contributed by atoms with E-state index in [0.717, 1.165) is 6.42 Å². The quantitative estimate of drug-likeness (QED) is 0.599. The van der Waals surface area contributed by atoms with Crippen LogP contribution in [-0.4, -0.2) is 41.9 Å². The zero-order valence-electron chi connectivity index (χ0n) is 15.9. The van der Waals surface area contributed by atoms with Gasteiger partial charge in [-0.15, -0.1) is 0 Å². The molecule has 0 atom stereocenters. The molecule has 0 unspecified atom stereocenters. The van der Waals surface area contributed by atoms with Crippen molar-refractivity contribution in [1.29, 1.82) is 0 Å². The molecule has 2 aromatic carbocycles. The SMILES string of the molecule is Cc1ccc(CCC(=O)N2CCN(c3ccccc3[N+](=O)[O-])CC2)c(C)c1. The second kappa shape index (κ2) is 8.20. The number of para-hydroxylation sites is 2. The lowest BCUT2D eigenvalue weighted by atomic mass is 10.0. The summed E-state index contributed by atoms with van der Waals surface area (Å²) in [5.41, 5.74) is 4.42. The molecule has 27 heavy (non-hydrogen) atoms. The Balaban J connectivity index is 1.56. The first-order valence-electron chi connectivity index (χ1n) is 9.28. The van der Waals surface area contributed by atoms with E-state index in [-0.39, 0.29) is 16.5 Å². The van der Waals surface area contributed by atoms with Crippen LogP contribution in [0.5, 0.6) is 0 Å². The Bertz CT molecular complexity index is 842. The summed E-state index contributed by atoms with van der Waals surface area (Å²) >= 11 is 0. The van der Waals surface area contributed by atoms with Gasteiger partial charge in [0.05, 0.1) is 4.92 Å². The highest BCUT2D eigenvalue weighted by molar-refractivity contribution is 5.77. The van der Waals surface area contributed by atoms with Crippen molar-refractivity contribution in [1.82, 2.24) is 4.90 Å². The molecule has 0 N–H and O–H groups in total. The molecule has 0 radical (unpaired) electrons. The normalized spacial score (nSPS) is 14.3. The van der Waals surface area contributed by atoms with E-state index in [2.05, 4.69) is 32.0 Å². The molecule has 0 aliphatic carbocycles. The van der Waals surface area contributed by atoms with Gasteiger partial charge in [0.2, 0.25) is 5.91 Å². The first-order chi connectivity index (χ1) is 13.0. The minimum atomic E-state index is -0.350. The number of piperazine rings is 1. The van der Waals surface area contributed by atoms with E-state index in [0.29, 0.717) is 38.3 Å². The molecular weight excluding hydrogens is 342 g/mol. The minimum absolute atomic E-state index is 0.118. The number of amides is 1. The molecule has 6 nitrogen and oxygen atoms in total. The van der Waals surface area contributed by atoms with Crippen molar-refractivity contribution in [2.24, 2.45) is 0 Å². The van der Waals surface area contributed by atoms with Crippen molar-refractivity contribution < 1.29 is 9.72 Å². The largest absolute Gasteiger partial charge is 0.362 e. The number of nitrogens with zero attached hydrogens (tertiary/aromatic N) is 3. The predicted octanol–water partition coefficient (Wildman–Crippen LogP) is 3.49. The second-order valence-electron chi connectivity index (χ2n) is 7.04. The van der Waals surface area contributed by atoms with Crippen molar-refractivity contribution in [3.8, 4) is 0 Å². The van der Waals surface area contributed by atoms with Crippen LogP contribution in [0.3, 0.4) is 0 Å². The van der Waals surface area contributed by atoms with E-state index in [1.165, 1.54) is 22.8 Å². The lowest BCUT2D eigenvalue weighted by Crippen LogP contribution is -2.49. The Morgan fingerprint density at radius 2 is 1.78 bits per heavy atom. The summed E-state index contributed by atoms with van der Waals surface area (Å²) in [4.78, 5) is 27.3. The molecular formula is C21H25N3O3. The molecule has 2 aromatic rings. The van der Waals surface area contributed by atoms with Crippen LogP contribution in [0.2, 0.25) is 0 Å². The maximum atomic E-state index is 12.6. The highest BCUT2D eigenvalue weighted by atomic mass is 16.6. The Kier molecular flexibility index (Phi) is 5.74. The topological polar surface area (TPSA) is 66.7 Å². The third kappa shape index (κ3) is 4.45. The van der Waals surface area contributed by atoms with E-state index in [1.54, 1.807) is 12.1 Å². The maximum absolute atomic E-state index is 12.6. The van der Waals surface area contributed by atoms with Gasteiger partial charge in [-0.1, -0.05) is 35.9 Å². The first-order valence-corrected chi connectivity index (χ1v) is 9.28. The Morgan fingerprint density at radius 1 is 1.07 bits per heavy atom. The van der Waals surface area contributed by atoms with Gasteiger partial charge in [-0.3, -0.25) is 14.9 Å². The Hall–Kier alpha value is -2.89. The molecule has 0 saturated carbocycles. The Morgan fingerprint density at radius 3 is 2.44 bits per heavy atom.